The van der Waals surface area contributed by atoms with E-state index in [0.29, 0.717) is 70.7 Å². The van der Waals surface area contributed by atoms with Gasteiger partial charge in [0, 0.05) is 137 Å². The second-order valence-corrected chi connectivity index (χ2v) is 38.0. The van der Waals surface area contributed by atoms with Crippen LogP contribution in [-0.4, -0.2) is 197 Å². The number of Topliss-reactive ketones (excluding diaryl/α,β-unsaturated/α-hetero) is 3. The highest BCUT2D eigenvalue weighted by molar-refractivity contribution is 7.91. The van der Waals surface area contributed by atoms with Crippen molar-refractivity contribution in [3.8, 4) is 17.1 Å². The number of hydrogen-bond donors (Lipinski definition) is 3. The zero-order chi connectivity index (χ0) is 74.0. The van der Waals surface area contributed by atoms with E-state index in [0.717, 1.165) is 154 Å². The Morgan fingerprint density at radius 1 is 0.385 bits per heavy atom. The molecular formula is C80H91Cl3N6O12S3. The predicted molar refractivity (Wildman–Crippen MR) is 414 cm³/mol. The Bertz CT molecular complexity index is 4900. The lowest BCUT2D eigenvalue weighted by molar-refractivity contribution is 0.0344. The molecule has 9 heterocycles. The molecule has 24 heteroatoms. The third kappa shape index (κ3) is 16.5. The average Bonchev–Trinajstić information content (AvgIpc) is 1.60. The number of aliphatic hydroxyl groups is 3. The zero-order valence-electron chi connectivity index (χ0n) is 59.5. The molecule has 6 fully saturated rings. The molecule has 3 aromatic heterocycles. The summed E-state index contributed by atoms with van der Waals surface area (Å²) in [5.41, 5.74) is 12.7. The number of rotatable bonds is 21. The van der Waals surface area contributed by atoms with Crippen molar-refractivity contribution >= 4 is 114 Å². The second kappa shape index (κ2) is 30.6. The number of carbonyl (C=O) groups excluding carboxylic acids is 3. The molecular weight excluding hydrogens is 1440 g/mol. The van der Waals surface area contributed by atoms with Gasteiger partial charge in [-0.3, -0.25) is 29.1 Å². The number of carbonyl (C=O) groups is 3. The third-order valence-corrected chi connectivity index (χ3v) is 26.1. The number of fused-ring (bicyclic) bond motifs is 9. The van der Waals surface area contributed by atoms with E-state index in [9.17, 15) is 55.0 Å². The fourth-order valence-corrected chi connectivity index (χ4v) is 19.8. The highest BCUT2D eigenvalue weighted by Crippen LogP contribution is 2.42. The Morgan fingerprint density at radius 2 is 0.654 bits per heavy atom. The number of aryl methyl sites for hydroxylation is 3. The van der Waals surface area contributed by atoms with E-state index in [1.54, 1.807) is 0 Å². The summed E-state index contributed by atoms with van der Waals surface area (Å²) >= 11 is 18.4. The first-order chi connectivity index (χ1) is 49.3. The Labute approximate surface area is 624 Å². The fourth-order valence-electron chi connectivity index (χ4n) is 17.6. The van der Waals surface area contributed by atoms with Gasteiger partial charge in [-0.1, -0.05) is 71.2 Å². The maximum absolute atomic E-state index is 13.8. The zero-order valence-corrected chi connectivity index (χ0v) is 64.2. The molecule has 104 heavy (non-hydrogen) atoms. The van der Waals surface area contributed by atoms with Crippen LogP contribution in [0.15, 0.2) is 127 Å². The van der Waals surface area contributed by atoms with E-state index in [4.69, 9.17) is 34.8 Å². The van der Waals surface area contributed by atoms with Crippen LogP contribution in [0.1, 0.15) is 135 Å². The fraction of sp³-hybridized carbons (Fsp3) is 0.438. The first-order valence-electron chi connectivity index (χ1n) is 36.0. The van der Waals surface area contributed by atoms with Gasteiger partial charge < -0.3 is 29.0 Å². The first-order valence-corrected chi connectivity index (χ1v) is 43.3. The molecule has 6 aliphatic rings. The van der Waals surface area contributed by atoms with Crippen molar-refractivity contribution in [1.82, 2.24) is 28.4 Å². The van der Waals surface area contributed by atoms with Gasteiger partial charge in [-0.15, -0.1) is 0 Å². The molecule has 0 spiro atoms. The number of aromatic nitrogens is 3. The van der Waals surface area contributed by atoms with Gasteiger partial charge in [-0.2, -0.15) is 0 Å². The largest absolute Gasteiger partial charge is 0.393 e. The smallest absolute Gasteiger partial charge is 0.179 e. The normalized spacial score (nSPS) is 22.7. The Hall–Kier alpha value is -6.57. The van der Waals surface area contributed by atoms with E-state index in [1.165, 1.54) is 18.8 Å². The summed E-state index contributed by atoms with van der Waals surface area (Å²) in [6.07, 6.45) is 13.9. The van der Waals surface area contributed by atoms with E-state index in [1.807, 2.05) is 148 Å². The number of nitrogens with zero attached hydrogens (tertiary/aromatic N) is 6. The molecule has 6 bridgehead atoms. The number of piperidine rings is 2. The highest BCUT2D eigenvalue weighted by atomic mass is 35.5. The standard InChI is InChI=1S/2C27H31ClN2O4S.C26H29ClN2O4S/c2*1-17-27(26(32)16-29-21-8-9-22(29)15-23(31)14-21)24-10-3-18(11-12-35(2,33)34)13-25(24)30(17)20-6-4-19(28)5-7-20;1-16-26(25(31)15-28-20-8-10-22(28)24(30)14-20)21-9-3-17(11-12-34(2,32)33)13-23(21)29(16)19-6-4-18(27)5-7-19/h2*3-7,10,13,21-23,31H,8-9,11-12,14-16H2,1-2H3;3-7,9,13,20,22,24,30H,8,10-12,14-15H2,1-2H3/t;;20?,22?,24-/m..0/s1. The van der Waals surface area contributed by atoms with Crippen LogP contribution in [0.25, 0.3) is 49.8 Å². The molecule has 0 radical (unpaired) electrons. The summed E-state index contributed by atoms with van der Waals surface area (Å²) in [4.78, 5) is 48.0. The number of halogens is 3. The van der Waals surface area contributed by atoms with Crippen LogP contribution >= 0.6 is 34.8 Å². The Kier molecular flexibility index (Phi) is 22.3. The number of ketones is 3. The van der Waals surface area contributed by atoms with Crippen molar-refractivity contribution in [3.63, 3.8) is 0 Å². The Balaban J connectivity index is 0.000000139. The van der Waals surface area contributed by atoms with Crippen LogP contribution in [0, 0.1) is 20.8 Å². The molecule has 0 saturated carbocycles. The summed E-state index contributed by atoms with van der Waals surface area (Å²) in [7, 11) is -9.25. The highest BCUT2D eigenvalue weighted by Gasteiger charge is 2.47. The minimum absolute atomic E-state index is 0.0464. The van der Waals surface area contributed by atoms with Crippen LogP contribution in [0.4, 0.5) is 0 Å². The van der Waals surface area contributed by atoms with E-state index < -0.39 is 29.5 Å². The van der Waals surface area contributed by atoms with Crippen molar-refractivity contribution in [2.24, 2.45) is 0 Å². The molecule has 6 aliphatic heterocycles. The average molecular weight is 1530 g/mol. The molecule has 18 nitrogen and oxygen atoms in total. The molecule has 15 rings (SSSR count). The summed E-state index contributed by atoms with van der Waals surface area (Å²) < 4.78 is 76.5. The SMILES string of the molecule is Cc1c(C(=O)CN2C3CCC2CC(O)C3)c2ccc(CCS(C)(=O)=O)cc2n1-c1ccc(Cl)cc1.Cc1c(C(=O)CN2C3CCC2CC(O)C3)c2ccc(CCS(C)(=O)=O)cc2n1-c1ccc(Cl)cc1.Cc1c(C(=O)CN2C3CCC2[C@@H](O)C3)c2ccc(CCS(C)(=O)=O)cc2n1-c1ccc(Cl)cc1. The van der Waals surface area contributed by atoms with Gasteiger partial charge >= 0.3 is 0 Å². The van der Waals surface area contributed by atoms with Crippen LogP contribution in [-0.2, 0) is 48.8 Å². The molecule has 0 amide bonds. The number of hydrogen-bond acceptors (Lipinski definition) is 15. The molecule has 552 valence electrons. The van der Waals surface area contributed by atoms with Crippen LogP contribution in [0.3, 0.4) is 0 Å². The summed E-state index contributed by atoms with van der Waals surface area (Å²) in [6, 6.07) is 41.5. The quantitative estimate of drug-likeness (QED) is 0.0567. The molecule has 6 aromatic carbocycles. The summed E-state index contributed by atoms with van der Waals surface area (Å²) in [5, 5.41) is 35.1. The van der Waals surface area contributed by atoms with E-state index in [-0.39, 0.29) is 89.2 Å². The monoisotopic (exact) mass is 1530 g/mol. The van der Waals surface area contributed by atoms with Crippen LogP contribution in [0.2, 0.25) is 15.1 Å². The van der Waals surface area contributed by atoms with Gasteiger partial charge in [-0.25, -0.2) is 25.3 Å². The second-order valence-electron chi connectivity index (χ2n) is 29.9. The third-order valence-electron chi connectivity index (χ3n) is 22.5. The van der Waals surface area contributed by atoms with Crippen LogP contribution in [0.5, 0.6) is 0 Å². The van der Waals surface area contributed by atoms with Crippen molar-refractivity contribution in [2.45, 2.75) is 165 Å². The molecule has 7 atom stereocenters. The number of benzene rings is 6. The number of sulfone groups is 3. The van der Waals surface area contributed by atoms with Gasteiger partial charge in [0.1, 0.15) is 29.5 Å². The first kappa shape index (κ1) is 75.7. The Morgan fingerprint density at radius 3 is 0.913 bits per heavy atom. The van der Waals surface area contributed by atoms with Gasteiger partial charge in [0.2, 0.25) is 0 Å². The molecule has 0 aliphatic carbocycles. The molecule has 3 N–H and O–H groups in total. The molecule has 6 unspecified atom stereocenters. The maximum atomic E-state index is 13.8. The summed E-state index contributed by atoms with van der Waals surface area (Å²) in [5.74, 6) is 0.438. The van der Waals surface area contributed by atoms with Gasteiger partial charge in [0.15, 0.2) is 17.3 Å². The minimum Gasteiger partial charge on any atom is -0.393 e. The molecule has 6 saturated heterocycles. The minimum atomic E-state index is -3.08. The topological polar surface area (TPSA) is 239 Å². The van der Waals surface area contributed by atoms with Crippen LogP contribution < -0.4 is 0 Å². The molecule has 9 aromatic rings. The van der Waals surface area contributed by atoms with Gasteiger partial charge in [0.05, 0.1) is 71.8 Å². The van der Waals surface area contributed by atoms with Gasteiger partial charge in [0.25, 0.3) is 0 Å². The summed E-state index contributed by atoms with van der Waals surface area (Å²) in [6.45, 7) is 6.87. The van der Waals surface area contributed by atoms with Gasteiger partial charge in [-0.05, 0) is 218 Å². The lowest BCUT2D eigenvalue weighted by Gasteiger charge is -2.36. The maximum Gasteiger partial charge on any atom is 0.179 e. The van der Waals surface area contributed by atoms with Crippen molar-refractivity contribution in [1.29, 1.82) is 0 Å². The van der Waals surface area contributed by atoms with Crippen molar-refractivity contribution < 1.29 is 55.0 Å². The van der Waals surface area contributed by atoms with Crippen molar-refractivity contribution in [3.05, 3.63) is 193 Å². The lowest BCUT2D eigenvalue weighted by Crippen LogP contribution is -2.46. The van der Waals surface area contributed by atoms with E-state index in [2.05, 4.69) is 28.4 Å². The lowest BCUT2D eigenvalue weighted by atomic mass is 9.98. The van der Waals surface area contributed by atoms with Crippen molar-refractivity contribution in [2.75, 3.05) is 55.7 Å². The number of aliphatic hydroxyl groups excluding tert-OH is 3. The van der Waals surface area contributed by atoms with E-state index >= 15 is 0 Å². The predicted octanol–water partition coefficient (Wildman–Crippen LogP) is 12.7.